The lowest BCUT2D eigenvalue weighted by Gasteiger charge is -2.12. The number of likely N-dealkylation sites (N-methyl/N-ethyl adjacent to an activating group) is 1. The molecule has 1 saturated carbocycles. The van der Waals surface area contributed by atoms with Gasteiger partial charge in [0.05, 0.1) is 0 Å². The lowest BCUT2D eigenvalue weighted by molar-refractivity contribution is 0.397. The standard InChI is InChI=1S/C10H21N3/c1-13-7-4-10(8-13)12-6-5-11-9-2-3-9/h9-12H,2-8H2,1H3. The molecule has 2 aliphatic rings. The van der Waals surface area contributed by atoms with Gasteiger partial charge in [-0.1, -0.05) is 0 Å². The van der Waals surface area contributed by atoms with Gasteiger partial charge in [0.25, 0.3) is 0 Å². The number of nitrogens with zero attached hydrogens (tertiary/aromatic N) is 1. The van der Waals surface area contributed by atoms with Crippen molar-refractivity contribution < 1.29 is 0 Å². The van der Waals surface area contributed by atoms with E-state index in [4.69, 9.17) is 0 Å². The van der Waals surface area contributed by atoms with E-state index in [9.17, 15) is 0 Å². The molecular weight excluding hydrogens is 162 g/mol. The number of hydrogen-bond acceptors (Lipinski definition) is 3. The van der Waals surface area contributed by atoms with Gasteiger partial charge in [0, 0.05) is 31.7 Å². The Hall–Kier alpha value is -0.120. The molecule has 13 heavy (non-hydrogen) atoms. The Labute approximate surface area is 80.9 Å². The SMILES string of the molecule is CN1CCC(NCCNC2CC2)C1. The summed E-state index contributed by atoms with van der Waals surface area (Å²) < 4.78 is 0. The van der Waals surface area contributed by atoms with E-state index in [1.54, 1.807) is 0 Å². The molecule has 0 aromatic heterocycles. The fraction of sp³-hybridized carbons (Fsp3) is 1.00. The monoisotopic (exact) mass is 183 g/mol. The van der Waals surface area contributed by atoms with Crippen LogP contribution in [0.25, 0.3) is 0 Å². The molecule has 2 fully saturated rings. The van der Waals surface area contributed by atoms with Crippen molar-refractivity contribution in [2.75, 3.05) is 33.2 Å². The third-order valence-corrected chi connectivity index (χ3v) is 2.96. The summed E-state index contributed by atoms with van der Waals surface area (Å²) in [5.41, 5.74) is 0. The van der Waals surface area contributed by atoms with Gasteiger partial charge in [0.2, 0.25) is 0 Å². The highest BCUT2D eigenvalue weighted by Crippen LogP contribution is 2.17. The van der Waals surface area contributed by atoms with E-state index in [2.05, 4.69) is 22.6 Å². The Kier molecular flexibility index (Phi) is 3.19. The minimum Gasteiger partial charge on any atom is -0.313 e. The zero-order valence-corrected chi connectivity index (χ0v) is 8.55. The second-order valence-corrected chi connectivity index (χ2v) is 4.43. The molecule has 1 atom stereocenters. The van der Waals surface area contributed by atoms with Crippen molar-refractivity contribution in [1.29, 1.82) is 0 Å². The Bertz CT molecular complexity index is 156. The van der Waals surface area contributed by atoms with Crippen LogP contribution in [0, 0.1) is 0 Å². The third-order valence-electron chi connectivity index (χ3n) is 2.96. The normalized spacial score (nSPS) is 29.8. The summed E-state index contributed by atoms with van der Waals surface area (Å²) in [6.45, 7) is 4.76. The van der Waals surface area contributed by atoms with Gasteiger partial charge in [-0.05, 0) is 32.9 Å². The van der Waals surface area contributed by atoms with Gasteiger partial charge in [-0.25, -0.2) is 0 Å². The van der Waals surface area contributed by atoms with Crippen LogP contribution in [-0.4, -0.2) is 50.2 Å². The molecule has 1 saturated heterocycles. The van der Waals surface area contributed by atoms with E-state index in [-0.39, 0.29) is 0 Å². The highest BCUT2D eigenvalue weighted by atomic mass is 15.2. The highest BCUT2D eigenvalue weighted by molar-refractivity contribution is 4.82. The topological polar surface area (TPSA) is 27.3 Å². The average Bonchev–Trinajstić information content (AvgIpc) is 2.84. The van der Waals surface area contributed by atoms with E-state index in [0.29, 0.717) is 0 Å². The molecule has 0 amide bonds. The van der Waals surface area contributed by atoms with Gasteiger partial charge in [-0.15, -0.1) is 0 Å². The minimum atomic E-state index is 0.742. The fourth-order valence-corrected chi connectivity index (χ4v) is 1.94. The molecule has 1 unspecified atom stereocenters. The fourth-order valence-electron chi connectivity index (χ4n) is 1.94. The first-order valence-electron chi connectivity index (χ1n) is 5.50. The molecule has 0 bridgehead atoms. The number of nitrogens with one attached hydrogen (secondary N) is 2. The van der Waals surface area contributed by atoms with Crippen LogP contribution in [-0.2, 0) is 0 Å². The van der Waals surface area contributed by atoms with Gasteiger partial charge in [0.15, 0.2) is 0 Å². The van der Waals surface area contributed by atoms with Crippen molar-refractivity contribution >= 4 is 0 Å². The molecule has 1 heterocycles. The molecule has 0 aromatic carbocycles. The van der Waals surface area contributed by atoms with E-state index in [1.165, 1.54) is 32.4 Å². The summed E-state index contributed by atoms with van der Waals surface area (Å²) in [5, 5.41) is 7.11. The molecular formula is C10H21N3. The maximum atomic E-state index is 3.59. The molecule has 2 N–H and O–H groups in total. The third kappa shape index (κ3) is 3.25. The predicted octanol–water partition coefficient (Wildman–Crippen LogP) is 0.0321. The summed E-state index contributed by atoms with van der Waals surface area (Å²) in [7, 11) is 2.20. The van der Waals surface area contributed by atoms with Crippen LogP contribution in [0.2, 0.25) is 0 Å². The Balaban J connectivity index is 1.47. The van der Waals surface area contributed by atoms with E-state index in [0.717, 1.165) is 25.2 Å². The van der Waals surface area contributed by atoms with Crippen molar-refractivity contribution in [3.05, 3.63) is 0 Å². The molecule has 0 spiro atoms. The van der Waals surface area contributed by atoms with Crippen LogP contribution in [0.4, 0.5) is 0 Å². The number of likely N-dealkylation sites (tertiary alicyclic amines) is 1. The second kappa shape index (κ2) is 4.40. The zero-order valence-electron chi connectivity index (χ0n) is 8.55. The second-order valence-electron chi connectivity index (χ2n) is 4.43. The molecule has 76 valence electrons. The van der Waals surface area contributed by atoms with Crippen molar-refractivity contribution in [3.63, 3.8) is 0 Å². The average molecular weight is 183 g/mol. The predicted molar refractivity (Wildman–Crippen MR) is 54.9 cm³/mol. The summed E-state index contributed by atoms with van der Waals surface area (Å²) >= 11 is 0. The smallest absolute Gasteiger partial charge is 0.0207 e. The summed E-state index contributed by atoms with van der Waals surface area (Å²) in [6, 6.07) is 1.60. The van der Waals surface area contributed by atoms with Gasteiger partial charge in [-0.2, -0.15) is 0 Å². The molecule has 3 heteroatoms. The lowest BCUT2D eigenvalue weighted by Crippen LogP contribution is -2.37. The maximum Gasteiger partial charge on any atom is 0.0207 e. The van der Waals surface area contributed by atoms with E-state index < -0.39 is 0 Å². The Morgan fingerprint density at radius 3 is 2.31 bits per heavy atom. The first kappa shape index (κ1) is 9.44. The van der Waals surface area contributed by atoms with Crippen molar-refractivity contribution in [2.45, 2.75) is 31.3 Å². The van der Waals surface area contributed by atoms with Crippen LogP contribution >= 0.6 is 0 Å². The quantitative estimate of drug-likeness (QED) is 0.589. The van der Waals surface area contributed by atoms with Crippen LogP contribution in [0.3, 0.4) is 0 Å². The van der Waals surface area contributed by atoms with Crippen LogP contribution in [0.15, 0.2) is 0 Å². The molecule has 0 aromatic rings. The first-order chi connectivity index (χ1) is 6.34. The number of rotatable bonds is 5. The van der Waals surface area contributed by atoms with Crippen LogP contribution in [0.5, 0.6) is 0 Å². The minimum absolute atomic E-state index is 0.742. The van der Waals surface area contributed by atoms with Crippen molar-refractivity contribution in [1.82, 2.24) is 15.5 Å². The molecule has 1 aliphatic carbocycles. The molecule has 3 nitrogen and oxygen atoms in total. The summed E-state index contributed by atoms with van der Waals surface area (Å²) in [4.78, 5) is 2.39. The van der Waals surface area contributed by atoms with E-state index in [1.807, 2.05) is 0 Å². The summed E-state index contributed by atoms with van der Waals surface area (Å²) in [5.74, 6) is 0. The molecule has 1 aliphatic heterocycles. The van der Waals surface area contributed by atoms with Gasteiger partial charge in [0.1, 0.15) is 0 Å². The van der Waals surface area contributed by atoms with Crippen LogP contribution < -0.4 is 10.6 Å². The Morgan fingerprint density at radius 1 is 1.08 bits per heavy atom. The Morgan fingerprint density at radius 2 is 1.77 bits per heavy atom. The van der Waals surface area contributed by atoms with Crippen LogP contribution in [0.1, 0.15) is 19.3 Å². The highest BCUT2D eigenvalue weighted by Gasteiger charge is 2.21. The van der Waals surface area contributed by atoms with Crippen molar-refractivity contribution in [3.8, 4) is 0 Å². The maximum absolute atomic E-state index is 3.59. The van der Waals surface area contributed by atoms with Crippen molar-refractivity contribution in [2.24, 2.45) is 0 Å². The van der Waals surface area contributed by atoms with Gasteiger partial charge in [-0.3, -0.25) is 0 Å². The molecule has 0 radical (unpaired) electrons. The van der Waals surface area contributed by atoms with Gasteiger partial charge >= 0.3 is 0 Å². The van der Waals surface area contributed by atoms with Gasteiger partial charge < -0.3 is 15.5 Å². The molecule has 2 rings (SSSR count). The lowest BCUT2D eigenvalue weighted by atomic mass is 10.2. The van der Waals surface area contributed by atoms with E-state index >= 15 is 0 Å². The summed E-state index contributed by atoms with van der Waals surface area (Å²) in [6.07, 6.45) is 4.11. The largest absolute Gasteiger partial charge is 0.313 e. The number of hydrogen-bond donors (Lipinski definition) is 2. The zero-order chi connectivity index (χ0) is 9.10. The first-order valence-corrected chi connectivity index (χ1v) is 5.50.